The molecular formula is C21H34N4O4Si. The summed E-state index contributed by atoms with van der Waals surface area (Å²) in [6.07, 6.45) is 1.30. The maximum atomic E-state index is 13.2. The highest BCUT2D eigenvalue weighted by atomic mass is 28.3. The quantitative estimate of drug-likeness (QED) is 0.714. The summed E-state index contributed by atoms with van der Waals surface area (Å²) in [6.45, 7) is 17.4. The van der Waals surface area contributed by atoms with Crippen molar-refractivity contribution in [3.63, 3.8) is 0 Å². The summed E-state index contributed by atoms with van der Waals surface area (Å²) in [5, 5.41) is 7.21. The molecule has 2 aliphatic rings. The van der Waals surface area contributed by atoms with Crippen molar-refractivity contribution in [2.24, 2.45) is 0 Å². The van der Waals surface area contributed by atoms with Crippen molar-refractivity contribution < 1.29 is 19.1 Å². The molecule has 0 radical (unpaired) electrons. The Kier molecular flexibility index (Phi) is 5.00. The Morgan fingerprint density at radius 3 is 2.13 bits per heavy atom. The van der Waals surface area contributed by atoms with Gasteiger partial charge in [0.25, 0.3) is 0 Å². The minimum absolute atomic E-state index is 0.0413. The van der Waals surface area contributed by atoms with Crippen LogP contribution in [0.1, 0.15) is 70.4 Å². The number of rotatable bonds is 3. The van der Waals surface area contributed by atoms with E-state index in [0.29, 0.717) is 17.1 Å². The van der Waals surface area contributed by atoms with Crippen LogP contribution in [0.25, 0.3) is 0 Å². The largest absolute Gasteiger partial charge is 0.444 e. The molecule has 9 heteroatoms. The maximum absolute atomic E-state index is 13.2. The molecule has 1 N–H and O–H groups in total. The van der Waals surface area contributed by atoms with Crippen LogP contribution >= 0.6 is 0 Å². The smallest absolute Gasteiger partial charge is 0.411 e. The van der Waals surface area contributed by atoms with Gasteiger partial charge in [0, 0.05) is 17.5 Å². The first-order valence-electron chi connectivity index (χ1n) is 10.5. The second kappa shape index (κ2) is 6.67. The van der Waals surface area contributed by atoms with Gasteiger partial charge >= 0.3 is 6.09 Å². The van der Waals surface area contributed by atoms with Crippen LogP contribution < -0.4 is 5.32 Å². The van der Waals surface area contributed by atoms with Gasteiger partial charge in [0.2, 0.25) is 11.8 Å². The number of carbonyl (C=O) groups excluding carboxylic acids is 3. The van der Waals surface area contributed by atoms with Gasteiger partial charge in [-0.1, -0.05) is 19.6 Å². The van der Waals surface area contributed by atoms with E-state index in [9.17, 15) is 14.4 Å². The number of nitrogens with one attached hydrogen (secondary N) is 1. The zero-order valence-electron chi connectivity index (χ0n) is 19.6. The number of fused-ring (bicyclic) bond motifs is 1. The van der Waals surface area contributed by atoms with Crippen LogP contribution in [0.3, 0.4) is 0 Å². The van der Waals surface area contributed by atoms with Crippen LogP contribution in [-0.4, -0.2) is 46.3 Å². The Balaban J connectivity index is 1.98. The summed E-state index contributed by atoms with van der Waals surface area (Å²) in [5.41, 5.74) is -0.0925. The molecule has 30 heavy (non-hydrogen) atoms. The number of carbonyl (C=O) groups is 3. The molecule has 1 aliphatic carbocycles. The van der Waals surface area contributed by atoms with Crippen LogP contribution in [-0.2, 0) is 21.6 Å². The SMILES string of the molecule is CC(=O)n1nc2c(c1NC(=O)C1([Si](C)(C)C)CC1)CN(C(=O)OC(C)(C)C)C2(C)C. The second-order valence-electron chi connectivity index (χ2n) is 11.0. The number of hydrogen-bond acceptors (Lipinski definition) is 5. The van der Waals surface area contributed by atoms with Gasteiger partial charge in [0.05, 0.1) is 25.9 Å². The molecule has 0 bridgehead atoms. The first-order chi connectivity index (χ1) is 13.5. The van der Waals surface area contributed by atoms with E-state index in [1.807, 2.05) is 34.6 Å². The molecule has 0 spiro atoms. The fourth-order valence-electron chi connectivity index (χ4n) is 4.21. The summed E-state index contributed by atoms with van der Waals surface area (Å²) >= 11 is 0. The van der Waals surface area contributed by atoms with E-state index in [4.69, 9.17) is 4.74 Å². The van der Waals surface area contributed by atoms with Crippen LogP contribution in [0.4, 0.5) is 10.6 Å². The Bertz CT molecular complexity index is 917. The molecule has 2 amide bonds. The topological polar surface area (TPSA) is 93.5 Å². The van der Waals surface area contributed by atoms with Gasteiger partial charge in [-0.25, -0.2) is 4.79 Å². The van der Waals surface area contributed by atoms with E-state index in [-0.39, 0.29) is 23.4 Å². The Morgan fingerprint density at radius 2 is 1.70 bits per heavy atom. The summed E-state index contributed by atoms with van der Waals surface area (Å²) < 4.78 is 6.83. The van der Waals surface area contributed by atoms with E-state index < -0.39 is 25.3 Å². The molecule has 166 valence electrons. The third kappa shape index (κ3) is 3.57. The number of hydrogen-bond donors (Lipinski definition) is 1. The summed E-state index contributed by atoms with van der Waals surface area (Å²) in [4.78, 5) is 39.9. The van der Waals surface area contributed by atoms with Crippen LogP contribution in [0.15, 0.2) is 0 Å². The van der Waals surface area contributed by atoms with Gasteiger partial charge < -0.3 is 10.1 Å². The first kappa shape index (κ1) is 22.5. The Hall–Kier alpha value is -2.16. The van der Waals surface area contributed by atoms with E-state index in [2.05, 4.69) is 30.1 Å². The third-order valence-corrected chi connectivity index (χ3v) is 9.92. The van der Waals surface area contributed by atoms with Gasteiger partial charge in [0.1, 0.15) is 11.4 Å². The Morgan fingerprint density at radius 1 is 1.13 bits per heavy atom. The lowest BCUT2D eigenvalue weighted by Crippen LogP contribution is -2.44. The van der Waals surface area contributed by atoms with E-state index in [0.717, 1.165) is 12.8 Å². The first-order valence-corrected chi connectivity index (χ1v) is 14.0. The summed E-state index contributed by atoms with van der Waals surface area (Å²) in [6, 6.07) is 0. The van der Waals surface area contributed by atoms with Crippen LogP contribution in [0, 0.1) is 0 Å². The van der Waals surface area contributed by atoms with Crippen molar-refractivity contribution in [2.45, 2.75) is 96.7 Å². The molecule has 2 heterocycles. The highest BCUT2D eigenvalue weighted by Crippen LogP contribution is 2.61. The average Bonchev–Trinajstić information content (AvgIpc) is 3.23. The van der Waals surface area contributed by atoms with Crippen LogP contribution in [0.5, 0.6) is 0 Å². The standard InChI is InChI=1S/C21H34N4O4Si/c1-13(26)25-16(22-17(27)21(10-11-21)30(7,8)9)14-12-24(18(28)29-19(2,3)4)20(5,6)15(14)23-25/h10-12H2,1-9H3,(H,22,27). The lowest BCUT2D eigenvalue weighted by Gasteiger charge is -2.33. The molecule has 0 unspecified atom stereocenters. The maximum Gasteiger partial charge on any atom is 0.411 e. The predicted molar refractivity (Wildman–Crippen MR) is 117 cm³/mol. The fraction of sp³-hybridized carbons (Fsp3) is 0.714. The zero-order valence-corrected chi connectivity index (χ0v) is 20.6. The van der Waals surface area contributed by atoms with Crippen molar-refractivity contribution in [1.29, 1.82) is 0 Å². The van der Waals surface area contributed by atoms with Crippen molar-refractivity contribution >= 4 is 31.8 Å². The molecule has 3 rings (SSSR count). The number of ether oxygens (including phenoxy) is 1. The van der Waals surface area contributed by atoms with Crippen LogP contribution in [0.2, 0.25) is 24.7 Å². The molecule has 0 atom stereocenters. The normalized spacial score (nSPS) is 19.3. The highest BCUT2D eigenvalue weighted by Gasteiger charge is 2.59. The molecule has 1 saturated carbocycles. The van der Waals surface area contributed by atoms with E-state index in [1.165, 1.54) is 11.6 Å². The molecule has 0 aromatic carbocycles. The third-order valence-electron chi connectivity index (χ3n) is 6.32. The molecule has 1 aromatic rings. The van der Waals surface area contributed by atoms with Crippen molar-refractivity contribution in [3.8, 4) is 0 Å². The molecule has 0 saturated heterocycles. The molecule has 1 aliphatic heterocycles. The van der Waals surface area contributed by atoms with Crippen molar-refractivity contribution in [3.05, 3.63) is 11.3 Å². The second-order valence-corrected chi connectivity index (χ2v) is 16.5. The van der Waals surface area contributed by atoms with Crippen molar-refractivity contribution in [2.75, 3.05) is 5.32 Å². The average molecular weight is 435 g/mol. The lowest BCUT2D eigenvalue weighted by atomic mass is 10.0. The predicted octanol–water partition coefficient (Wildman–Crippen LogP) is 4.34. The summed E-state index contributed by atoms with van der Waals surface area (Å²) in [7, 11) is -1.74. The number of aromatic nitrogens is 2. The minimum atomic E-state index is -1.74. The number of nitrogens with zero attached hydrogens (tertiary/aromatic N) is 3. The fourth-order valence-corrected chi connectivity index (χ4v) is 6.58. The lowest BCUT2D eigenvalue weighted by molar-refractivity contribution is -0.117. The zero-order chi connectivity index (χ0) is 22.9. The molecule has 8 nitrogen and oxygen atoms in total. The van der Waals surface area contributed by atoms with Gasteiger partial charge in [-0.2, -0.15) is 9.78 Å². The van der Waals surface area contributed by atoms with Crippen molar-refractivity contribution in [1.82, 2.24) is 14.7 Å². The molecule has 1 aromatic heterocycles. The van der Waals surface area contributed by atoms with E-state index >= 15 is 0 Å². The van der Waals surface area contributed by atoms with Gasteiger partial charge in [0.15, 0.2) is 0 Å². The molecular weight excluding hydrogens is 400 g/mol. The van der Waals surface area contributed by atoms with E-state index in [1.54, 1.807) is 4.90 Å². The minimum Gasteiger partial charge on any atom is -0.444 e. The van der Waals surface area contributed by atoms with Gasteiger partial charge in [-0.05, 0) is 47.5 Å². The number of amides is 2. The Labute approximate surface area is 179 Å². The summed E-state index contributed by atoms with van der Waals surface area (Å²) in [5.74, 6) is 0.0590. The van der Waals surface area contributed by atoms with Gasteiger partial charge in [-0.3, -0.25) is 14.5 Å². The highest BCUT2D eigenvalue weighted by molar-refractivity contribution is 6.83. The monoisotopic (exact) mass is 434 g/mol. The molecule has 1 fully saturated rings. The number of anilines is 1. The van der Waals surface area contributed by atoms with Gasteiger partial charge in [-0.15, -0.1) is 0 Å².